The summed E-state index contributed by atoms with van der Waals surface area (Å²) in [5.41, 5.74) is 0.955. The number of rotatable bonds is 5. The highest BCUT2D eigenvalue weighted by atomic mass is 16.5. The number of hydrogen-bond donors (Lipinski definition) is 2. The van der Waals surface area contributed by atoms with Crippen LogP contribution in [0.25, 0.3) is 0 Å². The second kappa shape index (κ2) is 6.04. The third kappa shape index (κ3) is 3.84. The Bertz CT molecular complexity index is 525. The summed E-state index contributed by atoms with van der Waals surface area (Å²) in [6.45, 7) is 4.01. The molecule has 5 heteroatoms. The molecule has 1 aromatic carbocycles. The van der Waals surface area contributed by atoms with Crippen LogP contribution in [0, 0.1) is 0 Å². The molecular formula is C14H18N4O. The number of nitrogens with zero attached hydrogens (tertiary/aromatic N) is 2. The van der Waals surface area contributed by atoms with Crippen LogP contribution >= 0.6 is 0 Å². The van der Waals surface area contributed by atoms with E-state index >= 15 is 0 Å². The number of ether oxygens (including phenoxy) is 1. The normalized spacial score (nSPS) is 10.3. The first-order chi connectivity index (χ1) is 9.17. The average Bonchev–Trinajstić information content (AvgIpc) is 2.41. The summed E-state index contributed by atoms with van der Waals surface area (Å²) in [5.74, 6) is 2.38. The monoisotopic (exact) mass is 258 g/mol. The lowest BCUT2D eigenvalue weighted by Crippen LogP contribution is -2.05. The summed E-state index contributed by atoms with van der Waals surface area (Å²) < 4.78 is 5.59. The lowest BCUT2D eigenvalue weighted by Gasteiger charge is -2.11. The van der Waals surface area contributed by atoms with Gasteiger partial charge in [-0.1, -0.05) is 0 Å². The Morgan fingerprint density at radius 1 is 1.05 bits per heavy atom. The van der Waals surface area contributed by atoms with Crippen molar-refractivity contribution >= 4 is 17.3 Å². The first-order valence-corrected chi connectivity index (χ1v) is 6.21. The summed E-state index contributed by atoms with van der Waals surface area (Å²) in [7, 11) is 1.82. The van der Waals surface area contributed by atoms with Crippen LogP contribution in [0.15, 0.2) is 36.7 Å². The SMILES string of the molecule is CNc1cc(Nc2ccc(OC(C)C)cc2)ncn1. The van der Waals surface area contributed by atoms with Crippen molar-refractivity contribution in [1.82, 2.24) is 9.97 Å². The molecule has 0 atom stereocenters. The molecule has 0 spiro atoms. The third-order valence-electron chi connectivity index (χ3n) is 2.42. The van der Waals surface area contributed by atoms with E-state index in [0.717, 1.165) is 23.1 Å². The topological polar surface area (TPSA) is 59.1 Å². The predicted octanol–water partition coefficient (Wildman–Crippen LogP) is 3.05. The van der Waals surface area contributed by atoms with Crippen LogP contribution in [0.4, 0.5) is 17.3 Å². The summed E-state index contributed by atoms with van der Waals surface area (Å²) >= 11 is 0. The van der Waals surface area contributed by atoms with Crippen molar-refractivity contribution in [3.63, 3.8) is 0 Å². The van der Waals surface area contributed by atoms with Gasteiger partial charge in [-0.05, 0) is 38.1 Å². The first-order valence-electron chi connectivity index (χ1n) is 6.21. The van der Waals surface area contributed by atoms with Crippen molar-refractivity contribution in [2.75, 3.05) is 17.7 Å². The molecular weight excluding hydrogens is 240 g/mol. The zero-order valence-corrected chi connectivity index (χ0v) is 11.3. The number of hydrogen-bond acceptors (Lipinski definition) is 5. The van der Waals surface area contributed by atoms with E-state index in [0.29, 0.717) is 0 Å². The highest BCUT2D eigenvalue weighted by Crippen LogP contribution is 2.20. The van der Waals surface area contributed by atoms with Gasteiger partial charge in [-0.25, -0.2) is 9.97 Å². The highest BCUT2D eigenvalue weighted by Gasteiger charge is 2.00. The molecule has 1 aromatic heterocycles. The van der Waals surface area contributed by atoms with Gasteiger partial charge in [-0.15, -0.1) is 0 Å². The van der Waals surface area contributed by atoms with E-state index in [-0.39, 0.29) is 6.10 Å². The van der Waals surface area contributed by atoms with Crippen molar-refractivity contribution < 1.29 is 4.74 Å². The standard InChI is InChI=1S/C14H18N4O/c1-10(2)19-12-6-4-11(5-7-12)18-14-8-13(15-3)16-9-17-14/h4-10H,1-3H3,(H2,15,16,17,18). The fourth-order valence-corrected chi connectivity index (χ4v) is 1.60. The Morgan fingerprint density at radius 3 is 2.37 bits per heavy atom. The van der Waals surface area contributed by atoms with Crippen molar-refractivity contribution in [2.24, 2.45) is 0 Å². The average molecular weight is 258 g/mol. The smallest absolute Gasteiger partial charge is 0.135 e. The number of benzene rings is 1. The molecule has 100 valence electrons. The van der Waals surface area contributed by atoms with Gasteiger partial charge in [0, 0.05) is 18.8 Å². The second-order valence-corrected chi connectivity index (χ2v) is 4.35. The van der Waals surface area contributed by atoms with Crippen LogP contribution in [-0.2, 0) is 0 Å². The summed E-state index contributed by atoms with van der Waals surface area (Å²) in [6.07, 6.45) is 1.70. The molecule has 19 heavy (non-hydrogen) atoms. The van der Waals surface area contributed by atoms with Crippen molar-refractivity contribution in [3.05, 3.63) is 36.7 Å². The van der Waals surface area contributed by atoms with Crippen LogP contribution in [0.2, 0.25) is 0 Å². The molecule has 0 aliphatic heterocycles. The molecule has 0 unspecified atom stereocenters. The van der Waals surface area contributed by atoms with E-state index < -0.39 is 0 Å². The number of aromatic nitrogens is 2. The van der Waals surface area contributed by atoms with Gasteiger partial charge in [0.2, 0.25) is 0 Å². The largest absolute Gasteiger partial charge is 0.491 e. The van der Waals surface area contributed by atoms with Gasteiger partial charge in [-0.2, -0.15) is 0 Å². The molecule has 0 fully saturated rings. The van der Waals surface area contributed by atoms with Crippen molar-refractivity contribution in [1.29, 1.82) is 0 Å². The van der Waals surface area contributed by atoms with E-state index in [9.17, 15) is 0 Å². The molecule has 0 amide bonds. The maximum absolute atomic E-state index is 5.59. The molecule has 2 aromatic rings. The maximum atomic E-state index is 5.59. The van der Waals surface area contributed by atoms with Gasteiger partial charge in [0.05, 0.1) is 6.10 Å². The zero-order valence-electron chi connectivity index (χ0n) is 11.3. The zero-order chi connectivity index (χ0) is 13.7. The molecule has 0 saturated carbocycles. The Hall–Kier alpha value is -2.30. The number of anilines is 3. The number of nitrogens with one attached hydrogen (secondary N) is 2. The fourth-order valence-electron chi connectivity index (χ4n) is 1.60. The van der Waals surface area contributed by atoms with Crippen LogP contribution in [0.3, 0.4) is 0 Å². The Kier molecular flexibility index (Phi) is 4.18. The second-order valence-electron chi connectivity index (χ2n) is 4.35. The van der Waals surface area contributed by atoms with Crippen LogP contribution in [0.5, 0.6) is 5.75 Å². The van der Waals surface area contributed by atoms with E-state index in [1.165, 1.54) is 6.33 Å². The summed E-state index contributed by atoms with van der Waals surface area (Å²) in [5, 5.41) is 6.19. The van der Waals surface area contributed by atoms with E-state index in [1.807, 2.05) is 51.2 Å². The summed E-state index contributed by atoms with van der Waals surface area (Å²) in [6, 6.07) is 9.63. The highest BCUT2D eigenvalue weighted by molar-refractivity contribution is 5.59. The minimum Gasteiger partial charge on any atom is -0.491 e. The minimum atomic E-state index is 0.180. The Labute approximate surface area is 113 Å². The lowest BCUT2D eigenvalue weighted by molar-refractivity contribution is 0.242. The van der Waals surface area contributed by atoms with Gasteiger partial charge in [0.15, 0.2) is 0 Å². The molecule has 1 heterocycles. The molecule has 2 N–H and O–H groups in total. The van der Waals surface area contributed by atoms with Gasteiger partial charge < -0.3 is 15.4 Å². The van der Waals surface area contributed by atoms with Crippen LogP contribution in [-0.4, -0.2) is 23.1 Å². The van der Waals surface area contributed by atoms with Gasteiger partial charge in [0.1, 0.15) is 23.7 Å². The van der Waals surface area contributed by atoms with Crippen molar-refractivity contribution in [3.8, 4) is 5.75 Å². The molecule has 0 aliphatic carbocycles. The maximum Gasteiger partial charge on any atom is 0.135 e. The predicted molar refractivity (Wildman–Crippen MR) is 77.1 cm³/mol. The molecule has 2 rings (SSSR count). The van der Waals surface area contributed by atoms with Gasteiger partial charge in [-0.3, -0.25) is 0 Å². The van der Waals surface area contributed by atoms with E-state index in [2.05, 4.69) is 20.6 Å². The minimum absolute atomic E-state index is 0.180. The first kappa shape index (κ1) is 13.1. The van der Waals surface area contributed by atoms with E-state index in [1.54, 1.807) is 0 Å². The Balaban J connectivity index is 2.06. The molecule has 0 saturated heterocycles. The molecule has 0 radical (unpaired) electrons. The third-order valence-corrected chi connectivity index (χ3v) is 2.42. The lowest BCUT2D eigenvalue weighted by atomic mass is 10.3. The van der Waals surface area contributed by atoms with Gasteiger partial charge in [0.25, 0.3) is 0 Å². The molecule has 0 bridgehead atoms. The van der Waals surface area contributed by atoms with Crippen LogP contribution in [0.1, 0.15) is 13.8 Å². The molecule has 5 nitrogen and oxygen atoms in total. The van der Waals surface area contributed by atoms with Crippen LogP contribution < -0.4 is 15.4 Å². The molecule has 0 aliphatic rings. The Morgan fingerprint density at radius 2 is 1.74 bits per heavy atom. The fraction of sp³-hybridized carbons (Fsp3) is 0.286. The quantitative estimate of drug-likeness (QED) is 0.863. The summed E-state index contributed by atoms with van der Waals surface area (Å²) in [4.78, 5) is 8.22. The van der Waals surface area contributed by atoms with E-state index in [4.69, 9.17) is 4.74 Å². The van der Waals surface area contributed by atoms with Crippen molar-refractivity contribution in [2.45, 2.75) is 20.0 Å². The van der Waals surface area contributed by atoms with Gasteiger partial charge >= 0.3 is 0 Å².